The zero-order valence-corrected chi connectivity index (χ0v) is 15.2. The van der Waals surface area contributed by atoms with Crippen LogP contribution in [0.5, 0.6) is 0 Å². The van der Waals surface area contributed by atoms with Gasteiger partial charge in [-0.3, -0.25) is 0 Å². The fourth-order valence-electron chi connectivity index (χ4n) is 3.66. The van der Waals surface area contributed by atoms with Gasteiger partial charge < -0.3 is 16.4 Å². The molecule has 0 spiro atoms. The Morgan fingerprint density at radius 1 is 1.12 bits per heavy atom. The van der Waals surface area contributed by atoms with Crippen LogP contribution in [0.25, 0.3) is 5.65 Å². The van der Waals surface area contributed by atoms with Crippen molar-refractivity contribution in [2.45, 2.75) is 51.6 Å². The molecule has 0 bridgehead atoms. The maximum absolute atomic E-state index is 6.26. The molecule has 1 aliphatic rings. The third kappa shape index (κ3) is 3.48. The summed E-state index contributed by atoms with van der Waals surface area (Å²) in [5, 5.41) is 11.3. The molecule has 1 fully saturated rings. The lowest BCUT2D eigenvalue weighted by atomic mass is 9.91. The maximum Gasteiger partial charge on any atom is 0.247 e. The van der Waals surface area contributed by atoms with Crippen molar-refractivity contribution in [2.24, 2.45) is 5.73 Å². The third-order valence-corrected chi connectivity index (χ3v) is 4.87. The van der Waals surface area contributed by atoms with E-state index in [-0.39, 0.29) is 12.1 Å². The molecule has 4 N–H and O–H groups in total. The normalized spacial score (nSPS) is 20.3. The van der Waals surface area contributed by atoms with Crippen molar-refractivity contribution in [1.82, 2.24) is 19.6 Å². The summed E-state index contributed by atoms with van der Waals surface area (Å²) in [6, 6.07) is 6.69. The quantitative estimate of drug-likeness (QED) is 0.668. The number of nitrogens with two attached hydrogens (primary N) is 1. The van der Waals surface area contributed by atoms with E-state index in [1.807, 2.05) is 0 Å². The summed E-state index contributed by atoms with van der Waals surface area (Å²) in [6.45, 7) is 4.16. The van der Waals surface area contributed by atoms with Crippen LogP contribution in [-0.4, -0.2) is 31.7 Å². The molecule has 1 saturated carbocycles. The minimum atomic E-state index is 0.154. The van der Waals surface area contributed by atoms with E-state index in [0.29, 0.717) is 11.6 Å². The summed E-state index contributed by atoms with van der Waals surface area (Å²) >= 11 is 0. The van der Waals surface area contributed by atoms with E-state index in [2.05, 4.69) is 57.7 Å². The van der Waals surface area contributed by atoms with Crippen molar-refractivity contribution in [3.05, 3.63) is 41.7 Å². The van der Waals surface area contributed by atoms with E-state index >= 15 is 0 Å². The highest BCUT2D eigenvalue weighted by atomic mass is 15.4. The number of fused-ring (bicyclic) bond motifs is 1. The standard InChI is InChI=1S/C19H25N7/c1-12-9-13(2)11-14(10-12)22-19-24-18-17(21-7-8-26(18)25-19)23-16-6-4-3-5-15(16)20/h7-11,15-16H,3-6,20H2,1-2H3,(H,21,23)(H,22,25). The molecule has 2 heterocycles. The molecule has 2 atom stereocenters. The Morgan fingerprint density at radius 2 is 1.88 bits per heavy atom. The lowest BCUT2D eigenvalue weighted by Gasteiger charge is -2.29. The van der Waals surface area contributed by atoms with Gasteiger partial charge in [0, 0.05) is 30.2 Å². The van der Waals surface area contributed by atoms with E-state index in [0.717, 1.165) is 24.3 Å². The number of benzene rings is 1. The van der Waals surface area contributed by atoms with Gasteiger partial charge in [-0.1, -0.05) is 18.9 Å². The van der Waals surface area contributed by atoms with Crippen LogP contribution in [0.4, 0.5) is 17.5 Å². The van der Waals surface area contributed by atoms with Gasteiger partial charge in [0.25, 0.3) is 0 Å². The molecule has 2 aromatic heterocycles. The van der Waals surface area contributed by atoms with Crippen molar-refractivity contribution in [3.8, 4) is 0 Å². The average molecular weight is 351 g/mol. The van der Waals surface area contributed by atoms with E-state index < -0.39 is 0 Å². The summed E-state index contributed by atoms with van der Waals surface area (Å²) in [5.41, 5.74) is 10.3. The van der Waals surface area contributed by atoms with Gasteiger partial charge in [0.15, 0.2) is 11.5 Å². The van der Waals surface area contributed by atoms with E-state index in [1.54, 1.807) is 16.9 Å². The largest absolute Gasteiger partial charge is 0.363 e. The summed E-state index contributed by atoms with van der Waals surface area (Å²) in [4.78, 5) is 9.10. The van der Waals surface area contributed by atoms with E-state index in [1.165, 1.54) is 24.0 Å². The minimum Gasteiger partial charge on any atom is -0.363 e. The van der Waals surface area contributed by atoms with Gasteiger partial charge in [-0.2, -0.15) is 4.98 Å². The third-order valence-electron chi connectivity index (χ3n) is 4.87. The first-order valence-electron chi connectivity index (χ1n) is 9.17. The average Bonchev–Trinajstić information content (AvgIpc) is 2.99. The maximum atomic E-state index is 6.26. The number of nitrogens with one attached hydrogen (secondary N) is 2. The molecule has 3 aromatic rings. The molecule has 136 valence electrons. The molecule has 1 aromatic carbocycles. The second kappa shape index (κ2) is 6.92. The minimum absolute atomic E-state index is 0.154. The topological polar surface area (TPSA) is 93.2 Å². The predicted molar refractivity (Wildman–Crippen MR) is 104 cm³/mol. The van der Waals surface area contributed by atoms with Crippen LogP contribution in [-0.2, 0) is 0 Å². The number of hydrogen-bond acceptors (Lipinski definition) is 6. The highest BCUT2D eigenvalue weighted by molar-refractivity contribution is 5.66. The number of rotatable bonds is 4. The number of anilines is 3. The van der Waals surface area contributed by atoms with Gasteiger partial charge in [-0.15, -0.1) is 5.10 Å². The first-order valence-corrected chi connectivity index (χ1v) is 9.17. The highest BCUT2D eigenvalue weighted by Crippen LogP contribution is 2.23. The molecule has 1 aliphatic carbocycles. The number of aromatic nitrogens is 4. The number of aryl methyl sites for hydroxylation is 2. The summed E-state index contributed by atoms with van der Waals surface area (Å²) in [5.74, 6) is 1.29. The van der Waals surface area contributed by atoms with Gasteiger partial charge in [-0.25, -0.2) is 9.50 Å². The van der Waals surface area contributed by atoms with Crippen LogP contribution < -0.4 is 16.4 Å². The second-order valence-corrected chi connectivity index (χ2v) is 7.18. The Balaban J connectivity index is 1.60. The molecule has 26 heavy (non-hydrogen) atoms. The fourth-order valence-corrected chi connectivity index (χ4v) is 3.66. The first kappa shape index (κ1) is 16.8. The summed E-state index contributed by atoms with van der Waals surface area (Å²) < 4.78 is 1.74. The summed E-state index contributed by atoms with van der Waals surface area (Å²) in [7, 11) is 0. The van der Waals surface area contributed by atoms with Crippen molar-refractivity contribution in [2.75, 3.05) is 10.6 Å². The van der Waals surface area contributed by atoms with Gasteiger partial charge in [-0.05, 0) is 49.9 Å². The number of nitrogens with zero attached hydrogens (tertiary/aromatic N) is 4. The Kier molecular flexibility index (Phi) is 4.46. The van der Waals surface area contributed by atoms with Gasteiger partial charge in [0.1, 0.15) is 0 Å². The van der Waals surface area contributed by atoms with Gasteiger partial charge >= 0.3 is 0 Å². The Bertz CT molecular complexity index is 897. The molecule has 0 amide bonds. The monoisotopic (exact) mass is 351 g/mol. The van der Waals surface area contributed by atoms with Crippen LogP contribution in [0.2, 0.25) is 0 Å². The van der Waals surface area contributed by atoms with E-state index in [9.17, 15) is 0 Å². The molecule has 2 unspecified atom stereocenters. The van der Waals surface area contributed by atoms with Crippen LogP contribution in [0.1, 0.15) is 36.8 Å². The van der Waals surface area contributed by atoms with Gasteiger partial charge in [0.2, 0.25) is 5.95 Å². The predicted octanol–water partition coefficient (Wildman–Crippen LogP) is 3.17. The van der Waals surface area contributed by atoms with Crippen molar-refractivity contribution >= 4 is 23.1 Å². The molecular weight excluding hydrogens is 326 g/mol. The Morgan fingerprint density at radius 3 is 2.65 bits per heavy atom. The zero-order chi connectivity index (χ0) is 18.1. The van der Waals surface area contributed by atoms with E-state index in [4.69, 9.17) is 5.73 Å². The lowest BCUT2D eigenvalue weighted by Crippen LogP contribution is -2.42. The highest BCUT2D eigenvalue weighted by Gasteiger charge is 2.23. The fraction of sp³-hybridized carbons (Fsp3) is 0.421. The van der Waals surface area contributed by atoms with Gasteiger partial charge in [0.05, 0.1) is 0 Å². The Hall–Kier alpha value is -2.67. The molecule has 0 aliphatic heterocycles. The van der Waals surface area contributed by atoms with Crippen LogP contribution >= 0.6 is 0 Å². The zero-order valence-electron chi connectivity index (χ0n) is 15.2. The first-order chi connectivity index (χ1) is 12.6. The molecule has 7 nitrogen and oxygen atoms in total. The lowest BCUT2D eigenvalue weighted by molar-refractivity contribution is 0.403. The molecule has 4 rings (SSSR count). The van der Waals surface area contributed by atoms with Crippen molar-refractivity contribution in [1.29, 1.82) is 0 Å². The SMILES string of the molecule is Cc1cc(C)cc(Nc2nc3c(NC4CCCCC4N)nccn3n2)c1. The van der Waals surface area contributed by atoms with Crippen LogP contribution in [0, 0.1) is 13.8 Å². The molecular formula is C19H25N7. The Labute approximate surface area is 153 Å². The number of hydrogen-bond donors (Lipinski definition) is 3. The second-order valence-electron chi connectivity index (χ2n) is 7.18. The molecule has 0 radical (unpaired) electrons. The summed E-state index contributed by atoms with van der Waals surface area (Å²) in [6.07, 6.45) is 8.05. The molecule has 7 heteroatoms. The van der Waals surface area contributed by atoms with Crippen LogP contribution in [0.3, 0.4) is 0 Å². The van der Waals surface area contributed by atoms with Crippen molar-refractivity contribution in [3.63, 3.8) is 0 Å². The van der Waals surface area contributed by atoms with Crippen LogP contribution in [0.15, 0.2) is 30.6 Å². The molecule has 0 saturated heterocycles. The smallest absolute Gasteiger partial charge is 0.247 e. The van der Waals surface area contributed by atoms with Crippen molar-refractivity contribution < 1.29 is 0 Å².